The maximum absolute atomic E-state index is 12.4. The number of aromatic nitrogens is 1. The van der Waals surface area contributed by atoms with Gasteiger partial charge < -0.3 is 10.2 Å². The van der Waals surface area contributed by atoms with Crippen LogP contribution >= 0.6 is 0 Å². The second-order valence-corrected chi connectivity index (χ2v) is 18.5. The Hall–Kier alpha value is -7.08. The quantitative estimate of drug-likeness (QED) is 0.118. The van der Waals surface area contributed by atoms with Crippen LogP contribution in [0.3, 0.4) is 0 Å². The van der Waals surface area contributed by atoms with Crippen LogP contribution in [-0.4, -0.2) is 20.1 Å². The van der Waals surface area contributed by atoms with Crippen molar-refractivity contribution in [3.8, 4) is 33.8 Å². The first kappa shape index (κ1) is 48.4. The molecular weight excluding hydrogens is 877 g/mol. The standard InChI is InChI=1S/C50H44N2O2.2C7H7.Ti/c1-32-25-34(47(53)45(27-32)49(3)41-20-9-5-16-37(41)38-17-6-10-21-42(38)49)29-52(31-36-15-13-14-24-51-36)30-35-26-33(2)28-46(48(35)54)50(4)43-22-11-7-18-39(43)40-19-8-12-23-44(40)50;2*1-7-5-3-2-4-6-7;/h5-28,53-54H,29-31H2,1-4H3;2*2-6H,1H2;/q;2*-1;+3. The first-order valence-corrected chi connectivity index (χ1v) is 23.4. The van der Waals surface area contributed by atoms with Crippen molar-refractivity contribution in [1.82, 2.24) is 9.88 Å². The van der Waals surface area contributed by atoms with Gasteiger partial charge in [0.25, 0.3) is 0 Å². The molecule has 1 heterocycles. The molecule has 0 saturated heterocycles. The van der Waals surface area contributed by atoms with Gasteiger partial charge in [0.2, 0.25) is 0 Å². The van der Waals surface area contributed by atoms with Crippen LogP contribution in [0.2, 0.25) is 0 Å². The summed E-state index contributed by atoms with van der Waals surface area (Å²) < 4.78 is 0. The summed E-state index contributed by atoms with van der Waals surface area (Å²) in [5.74, 6) is 0.614. The number of pyridine rings is 1. The van der Waals surface area contributed by atoms with E-state index in [0.29, 0.717) is 31.1 Å². The largest absolute Gasteiger partial charge is 3.00 e. The van der Waals surface area contributed by atoms with Crippen molar-refractivity contribution in [2.24, 2.45) is 0 Å². The van der Waals surface area contributed by atoms with Crippen LogP contribution in [0.1, 0.15) is 86.3 Å². The Morgan fingerprint density at radius 3 is 1.07 bits per heavy atom. The van der Waals surface area contributed by atoms with E-state index >= 15 is 0 Å². The van der Waals surface area contributed by atoms with Crippen molar-refractivity contribution in [3.63, 3.8) is 0 Å². The van der Waals surface area contributed by atoms with E-state index in [-0.39, 0.29) is 21.7 Å². The summed E-state index contributed by atoms with van der Waals surface area (Å²) in [4.78, 5) is 6.99. The van der Waals surface area contributed by atoms with Crippen LogP contribution in [0, 0.1) is 27.7 Å². The predicted octanol–water partition coefficient (Wildman–Crippen LogP) is 14.7. The third-order valence-corrected chi connectivity index (χ3v) is 13.8. The van der Waals surface area contributed by atoms with E-state index in [4.69, 9.17) is 4.98 Å². The molecule has 2 N–H and O–H groups in total. The second-order valence-electron chi connectivity index (χ2n) is 18.5. The molecule has 0 aliphatic heterocycles. The maximum Gasteiger partial charge on any atom is 3.00 e. The first-order valence-electron chi connectivity index (χ1n) is 23.4. The Bertz CT molecular complexity index is 2920. The summed E-state index contributed by atoms with van der Waals surface area (Å²) in [6.45, 7) is 17.6. The van der Waals surface area contributed by atoms with Crippen molar-refractivity contribution in [2.75, 3.05) is 0 Å². The van der Waals surface area contributed by atoms with E-state index in [1.54, 1.807) is 0 Å². The zero-order chi connectivity index (χ0) is 47.4. The van der Waals surface area contributed by atoms with Gasteiger partial charge in [0.1, 0.15) is 11.5 Å². The fourth-order valence-electron chi connectivity index (χ4n) is 10.5. The van der Waals surface area contributed by atoms with Crippen LogP contribution in [0.4, 0.5) is 0 Å². The van der Waals surface area contributed by atoms with Gasteiger partial charge in [-0.05, 0) is 84.3 Å². The van der Waals surface area contributed by atoms with E-state index in [9.17, 15) is 10.2 Å². The van der Waals surface area contributed by atoms with E-state index < -0.39 is 10.8 Å². The monoisotopic (exact) mass is 934 g/mol. The Kier molecular flexibility index (Phi) is 14.5. The molecule has 0 bridgehead atoms. The number of aryl methyl sites for hydroxylation is 2. The summed E-state index contributed by atoms with van der Waals surface area (Å²) in [7, 11) is 0. The normalized spacial score (nSPS) is 13.0. The average Bonchev–Trinajstić information content (AvgIpc) is 3.78. The van der Waals surface area contributed by atoms with Gasteiger partial charge in [-0.15, -0.1) is 24.3 Å². The number of aromatic hydroxyl groups is 2. The summed E-state index contributed by atoms with van der Waals surface area (Å²) in [6, 6.07) is 68.5. The molecule has 1 aromatic heterocycles. The van der Waals surface area contributed by atoms with Crippen molar-refractivity contribution < 1.29 is 31.9 Å². The maximum atomic E-state index is 12.4. The molecule has 0 saturated carbocycles. The van der Waals surface area contributed by atoms with Crippen molar-refractivity contribution >= 4 is 0 Å². The molecule has 8 aromatic carbocycles. The fraction of sp³-hybridized carbons (Fsp3) is 0.141. The van der Waals surface area contributed by atoms with Gasteiger partial charge >= 0.3 is 21.7 Å². The molecule has 2 aliphatic carbocycles. The van der Waals surface area contributed by atoms with Crippen LogP contribution in [0.5, 0.6) is 11.5 Å². The van der Waals surface area contributed by atoms with Crippen LogP contribution in [0.15, 0.2) is 206 Å². The van der Waals surface area contributed by atoms with Crippen LogP contribution in [0.25, 0.3) is 22.3 Å². The number of nitrogens with zero attached hydrogens (tertiary/aromatic N) is 2. The fourth-order valence-corrected chi connectivity index (χ4v) is 10.5. The topological polar surface area (TPSA) is 56.6 Å². The Morgan fingerprint density at radius 2 is 0.754 bits per heavy atom. The van der Waals surface area contributed by atoms with E-state index in [2.05, 4.69) is 168 Å². The molecule has 2 aliphatic rings. The molecule has 4 nitrogen and oxygen atoms in total. The summed E-state index contributed by atoms with van der Waals surface area (Å²) in [5, 5.41) is 24.8. The molecule has 11 rings (SSSR count). The third-order valence-electron chi connectivity index (χ3n) is 13.8. The number of hydrogen-bond acceptors (Lipinski definition) is 4. The summed E-state index contributed by atoms with van der Waals surface area (Å²) in [5.41, 5.74) is 17.3. The molecule has 9 aromatic rings. The number of fused-ring (bicyclic) bond motifs is 6. The van der Waals surface area contributed by atoms with Gasteiger partial charge in [0.05, 0.1) is 5.69 Å². The molecule has 339 valence electrons. The molecule has 5 heteroatoms. The first-order chi connectivity index (χ1) is 33.0. The minimum absolute atomic E-state index is 0. The number of phenols is 2. The van der Waals surface area contributed by atoms with Crippen molar-refractivity contribution in [3.05, 3.63) is 293 Å². The van der Waals surface area contributed by atoms with Gasteiger partial charge in [-0.25, -0.2) is 0 Å². The van der Waals surface area contributed by atoms with Gasteiger partial charge in [0, 0.05) is 58.9 Å². The van der Waals surface area contributed by atoms with Gasteiger partial charge in [-0.3, -0.25) is 9.88 Å². The zero-order valence-electron chi connectivity index (χ0n) is 40.0. The minimum atomic E-state index is -0.531. The van der Waals surface area contributed by atoms with Gasteiger partial charge in [-0.1, -0.05) is 151 Å². The van der Waals surface area contributed by atoms with E-state index in [1.807, 2.05) is 85.1 Å². The number of phenolic OH excluding ortho intramolecular Hbond substituents is 2. The molecule has 0 fully saturated rings. The number of hydrogen-bond donors (Lipinski definition) is 2. The smallest absolute Gasteiger partial charge is 0.507 e. The predicted molar refractivity (Wildman–Crippen MR) is 280 cm³/mol. The summed E-state index contributed by atoms with van der Waals surface area (Å²) >= 11 is 0. The van der Waals surface area contributed by atoms with Crippen LogP contribution < -0.4 is 0 Å². The Balaban J connectivity index is 0.000000368. The van der Waals surface area contributed by atoms with E-state index in [1.165, 1.54) is 44.5 Å². The summed E-state index contributed by atoms with van der Waals surface area (Å²) in [6.07, 6.45) is 1.82. The van der Waals surface area contributed by atoms with Crippen molar-refractivity contribution in [2.45, 2.75) is 58.2 Å². The van der Waals surface area contributed by atoms with E-state index in [0.717, 1.165) is 50.2 Å². The van der Waals surface area contributed by atoms with Gasteiger partial charge in [0.15, 0.2) is 0 Å². The van der Waals surface area contributed by atoms with Gasteiger partial charge in [-0.2, -0.15) is 49.2 Å². The molecule has 0 spiro atoms. The molecule has 69 heavy (non-hydrogen) atoms. The molecule has 0 unspecified atom stereocenters. The van der Waals surface area contributed by atoms with Crippen molar-refractivity contribution in [1.29, 1.82) is 0 Å². The van der Waals surface area contributed by atoms with Crippen LogP contribution in [-0.2, 0) is 52.2 Å². The number of rotatable bonds is 8. The molecular formula is C64H58N2O2Ti+. The molecule has 0 amide bonds. The SMILES string of the molecule is Cc1cc(CN(Cc2ccccn2)Cc2cc(C)cc(C3(C)c4ccccc4-c4ccccc43)c2O)c(O)c(C2(C)c3ccccc3-c3ccccc32)c1.[CH2-]c1ccccc1.[CH2-]c1ccccc1.[Ti+3]. The molecule has 1 radical (unpaired) electrons. The Morgan fingerprint density at radius 1 is 0.420 bits per heavy atom. The second kappa shape index (κ2) is 20.7. The number of benzene rings is 8. The third kappa shape index (κ3) is 9.54. The zero-order valence-corrected chi connectivity index (χ0v) is 41.5. The minimum Gasteiger partial charge on any atom is -0.507 e. The molecule has 0 atom stereocenters. The average molecular weight is 935 g/mol. The Labute approximate surface area is 423 Å².